The molecule has 0 heterocycles. The lowest BCUT2D eigenvalue weighted by molar-refractivity contribution is -0.144. The molecule has 55 heavy (non-hydrogen) atoms. The van der Waals surface area contributed by atoms with Gasteiger partial charge in [-0.15, -0.1) is 0 Å². The zero-order valence-corrected chi connectivity index (χ0v) is 32.2. The molecule has 4 aromatic rings. The van der Waals surface area contributed by atoms with Crippen LogP contribution in [0.1, 0.15) is 55.5 Å². The lowest BCUT2D eigenvalue weighted by atomic mass is 9.81. The number of carbonyl (C=O) groups excluding carboxylic acids is 4. The van der Waals surface area contributed by atoms with Crippen LogP contribution in [-0.2, 0) is 62.8 Å². The van der Waals surface area contributed by atoms with E-state index >= 15 is 0 Å². The third kappa shape index (κ3) is 9.86. The number of anilines is 3. The van der Waals surface area contributed by atoms with E-state index < -0.39 is 11.9 Å². The van der Waals surface area contributed by atoms with Crippen molar-refractivity contribution in [3.8, 4) is 11.1 Å². The molecule has 9 heteroatoms. The average Bonchev–Trinajstić information content (AvgIpc) is 3.38. The highest BCUT2D eigenvalue weighted by molar-refractivity contribution is 5.89. The van der Waals surface area contributed by atoms with Gasteiger partial charge in [0.2, 0.25) is 0 Å². The predicted molar refractivity (Wildman–Crippen MR) is 213 cm³/mol. The number of ether oxygens (including phenoxy) is 4. The molecule has 9 nitrogen and oxygen atoms in total. The van der Waals surface area contributed by atoms with Gasteiger partial charge in [-0.25, -0.2) is 4.79 Å². The first-order chi connectivity index (χ1) is 26.2. The van der Waals surface area contributed by atoms with Crippen molar-refractivity contribution < 1.29 is 38.1 Å². The number of esters is 4. The maximum Gasteiger partial charge on any atom is 0.336 e. The molecule has 0 aromatic heterocycles. The van der Waals surface area contributed by atoms with Gasteiger partial charge in [-0.1, -0.05) is 82.1 Å². The molecule has 0 aliphatic heterocycles. The summed E-state index contributed by atoms with van der Waals surface area (Å²) in [4.78, 5) is 51.3. The summed E-state index contributed by atoms with van der Waals surface area (Å²) in [6.07, 6.45) is 0.304. The van der Waals surface area contributed by atoms with Crippen LogP contribution in [-0.4, -0.2) is 50.8 Å². The van der Waals surface area contributed by atoms with Gasteiger partial charge in [0.1, 0.15) is 19.8 Å². The molecule has 0 N–H and O–H groups in total. The molecule has 1 aliphatic rings. The van der Waals surface area contributed by atoms with E-state index in [0.29, 0.717) is 0 Å². The molecule has 0 saturated heterocycles. The van der Waals surface area contributed by atoms with Crippen LogP contribution in [0, 0.1) is 0 Å². The Morgan fingerprint density at radius 2 is 0.964 bits per heavy atom. The number of carbonyl (C=O) groups is 4. The maximum atomic E-state index is 12.6. The lowest BCUT2D eigenvalue weighted by Gasteiger charge is -2.28. The normalized spacial score (nSPS) is 12.1. The summed E-state index contributed by atoms with van der Waals surface area (Å²) < 4.78 is 20.5. The molecule has 0 unspecified atom stereocenters. The molecular formula is C46H47NO8. The fraction of sp³-hybridized carbons (Fsp3) is 0.261. The topological polar surface area (TPSA) is 108 Å². The van der Waals surface area contributed by atoms with Gasteiger partial charge in [0.15, 0.2) is 0 Å². The monoisotopic (exact) mass is 741 g/mol. The van der Waals surface area contributed by atoms with Gasteiger partial charge in [-0.05, 0) is 100 Å². The third-order valence-corrected chi connectivity index (χ3v) is 9.26. The van der Waals surface area contributed by atoms with Crippen LogP contribution in [0.3, 0.4) is 0 Å². The Hall–Kier alpha value is -6.22. The van der Waals surface area contributed by atoms with E-state index in [1.54, 1.807) is 6.92 Å². The summed E-state index contributed by atoms with van der Waals surface area (Å²) in [5, 5.41) is 0. The fourth-order valence-corrected chi connectivity index (χ4v) is 6.43. The quantitative estimate of drug-likeness (QED) is 0.0483. The van der Waals surface area contributed by atoms with Crippen molar-refractivity contribution in [2.45, 2.75) is 52.4 Å². The molecule has 0 spiro atoms. The summed E-state index contributed by atoms with van der Waals surface area (Å²) in [5.74, 6) is -1.76. The molecule has 0 atom stereocenters. The van der Waals surface area contributed by atoms with E-state index in [0.717, 1.165) is 67.2 Å². The minimum absolute atomic E-state index is 0.00378. The van der Waals surface area contributed by atoms with Crippen LogP contribution in [0.5, 0.6) is 0 Å². The van der Waals surface area contributed by atoms with Gasteiger partial charge < -0.3 is 23.8 Å². The molecular weight excluding hydrogens is 695 g/mol. The predicted octanol–water partition coefficient (Wildman–Crippen LogP) is 8.60. The Labute approximate surface area is 322 Å². The number of nitrogens with zero attached hydrogens (tertiary/aromatic N) is 1. The summed E-state index contributed by atoms with van der Waals surface area (Å²) in [6, 6.07) is 27.9. The van der Waals surface area contributed by atoms with Crippen LogP contribution in [0.15, 0.2) is 121 Å². The Bertz CT molecular complexity index is 2140. The van der Waals surface area contributed by atoms with Crippen molar-refractivity contribution >= 4 is 40.9 Å². The van der Waals surface area contributed by atoms with Gasteiger partial charge in [0.25, 0.3) is 0 Å². The van der Waals surface area contributed by atoms with E-state index in [2.05, 4.69) is 73.6 Å². The van der Waals surface area contributed by atoms with Crippen LogP contribution in [0.25, 0.3) is 11.1 Å². The molecule has 0 fully saturated rings. The Morgan fingerprint density at radius 1 is 0.564 bits per heavy atom. The van der Waals surface area contributed by atoms with Crippen LogP contribution in [0.4, 0.5) is 17.1 Å². The smallest absolute Gasteiger partial charge is 0.336 e. The van der Waals surface area contributed by atoms with Gasteiger partial charge in [-0.3, -0.25) is 14.4 Å². The zero-order valence-electron chi connectivity index (χ0n) is 32.2. The summed E-state index contributed by atoms with van der Waals surface area (Å²) in [6.45, 7) is 19.3. The second kappa shape index (κ2) is 17.3. The van der Waals surface area contributed by atoms with Crippen molar-refractivity contribution in [3.63, 3.8) is 0 Å². The molecule has 4 aromatic carbocycles. The Balaban J connectivity index is 1.44. The first-order valence-corrected chi connectivity index (χ1v) is 17.9. The number of methoxy groups -OCH3 is 1. The highest BCUT2D eigenvalue weighted by Crippen LogP contribution is 2.51. The summed E-state index contributed by atoms with van der Waals surface area (Å²) >= 11 is 0. The Morgan fingerprint density at radius 3 is 1.44 bits per heavy atom. The number of hydrogen-bond donors (Lipinski definition) is 0. The zero-order chi connectivity index (χ0) is 39.9. The SMILES string of the molecule is C=C(C)COC(=O)Cc1ccc(N(c2ccc(CC(=O)OCC(=C)C(=O)OC)cc2)c2ccc3c(c2)C(C)(C)c2cc(CC(=O)OCC(=C)C)ccc2-3)cc1. The lowest BCUT2D eigenvalue weighted by Crippen LogP contribution is -2.17. The van der Waals surface area contributed by atoms with E-state index in [1.807, 2.05) is 61.5 Å². The maximum absolute atomic E-state index is 12.6. The fourth-order valence-electron chi connectivity index (χ4n) is 6.43. The van der Waals surface area contributed by atoms with E-state index in [-0.39, 0.29) is 62.0 Å². The standard InChI is InChI=1S/C46H47NO8/c1-29(2)26-53-42(48)22-32-9-14-35(15-10-32)47(36-16-11-33(12-17-36)23-43(49)55-28-31(5)45(51)52-8)37-18-20-39-38-19-13-34(24-44(50)54-27-30(3)4)21-40(38)46(6,7)41(39)25-37/h9-21,25H,1,3,5,22-24,26-28H2,2,4,6-8H3. The molecule has 0 radical (unpaired) electrons. The van der Waals surface area contributed by atoms with Crippen molar-refractivity contribution in [2.24, 2.45) is 0 Å². The minimum Gasteiger partial charge on any atom is -0.466 e. The van der Waals surface area contributed by atoms with E-state index in [9.17, 15) is 19.2 Å². The number of fused-ring (bicyclic) bond motifs is 3. The third-order valence-electron chi connectivity index (χ3n) is 9.26. The van der Waals surface area contributed by atoms with Crippen LogP contribution >= 0.6 is 0 Å². The van der Waals surface area contributed by atoms with Crippen LogP contribution < -0.4 is 4.90 Å². The van der Waals surface area contributed by atoms with E-state index in [4.69, 9.17) is 14.2 Å². The largest absolute Gasteiger partial charge is 0.466 e. The number of benzene rings is 4. The molecule has 5 rings (SSSR count). The minimum atomic E-state index is -0.631. The first-order valence-electron chi connectivity index (χ1n) is 17.9. The average molecular weight is 742 g/mol. The van der Waals surface area contributed by atoms with Gasteiger partial charge in [-0.2, -0.15) is 0 Å². The number of rotatable bonds is 16. The second-order valence-corrected chi connectivity index (χ2v) is 14.4. The highest BCUT2D eigenvalue weighted by Gasteiger charge is 2.36. The van der Waals surface area contributed by atoms with E-state index in [1.165, 1.54) is 7.11 Å². The molecule has 0 bridgehead atoms. The molecule has 1 aliphatic carbocycles. The molecule has 0 saturated carbocycles. The Kier molecular flexibility index (Phi) is 12.6. The van der Waals surface area contributed by atoms with Crippen molar-refractivity contribution in [3.05, 3.63) is 149 Å². The summed E-state index contributed by atoms with van der Waals surface area (Å²) in [7, 11) is 1.24. The summed E-state index contributed by atoms with van der Waals surface area (Å²) in [5.41, 5.74) is 10.8. The molecule has 284 valence electrons. The second-order valence-electron chi connectivity index (χ2n) is 14.4. The molecule has 0 amide bonds. The highest BCUT2D eigenvalue weighted by atomic mass is 16.5. The van der Waals surface area contributed by atoms with Gasteiger partial charge in [0.05, 0.1) is 31.9 Å². The number of hydrogen-bond acceptors (Lipinski definition) is 9. The first kappa shape index (κ1) is 40.0. The van der Waals surface area contributed by atoms with Crippen molar-refractivity contribution in [2.75, 3.05) is 31.8 Å². The van der Waals surface area contributed by atoms with Gasteiger partial charge in [0, 0.05) is 22.5 Å². The van der Waals surface area contributed by atoms with Gasteiger partial charge >= 0.3 is 23.9 Å². The van der Waals surface area contributed by atoms with Crippen molar-refractivity contribution in [1.82, 2.24) is 0 Å². The van der Waals surface area contributed by atoms with Crippen molar-refractivity contribution in [1.29, 1.82) is 0 Å². The van der Waals surface area contributed by atoms with Crippen LogP contribution in [0.2, 0.25) is 0 Å².